The van der Waals surface area contributed by atoms with E-state index in [2.05, 4.69) is 10.2 Å². The number of likely N-dealkylation sites (N-methyl/N-ethyl adjacent to an activating group) is 1. The fourth-order valence-corrected chi connectivity index (χ4v) is 2.30. The van der Waals surface area contributed by atoms with Gasteiger partial charge in [-0.2, -0.15) is 0 Å². The maximum absolute atomic E-state index is 5.75. The van der Waals surface area contributed by atoms with E-state index in [0.717, 1.165) is 44.3 Å². The molecule has 1 atom stereocenters. The molecule has 1 saturated heterocycles. The van der Waals surface area contributed by atoms with Crippen molar-refractivity contribution in [3.05, 3.63) is 24.3 Å². The van der Waals surface area contributed by atoms with Gasteiger partial charge in [-0.1, -0.05) is 0 Å². The summed E-state index contributed by atoms with van der Waals surface area (Å²) in [6, 6.07) is 7.68. The van der Waals surface area contributed by atoms with Crippen LogP contribution in [-0.4, -0.2) is 64.6 Å². The quantitative estimate of drug-likeness (QED) is 0.807. The van der Waals surface area contributed by atoms with Crippen molar-refractivity contribution in [2.45, 2.75) is 6.10 Å². The molecule has 0 aromatic heterocycles. The number of methoxy groups -OCH3 is 1. The van der Waals surface area contributed by atoms with E-state index in [1.165, 1.54) is 0 Å². The van der Waals surface area contributed by atoms with E-state index in [1.54, 1.807) is 7.11 Å². The third-order valence-corrected chi connectivity index (χ3v) is 3.39. The summed E-state index contributed by atoms with van der Waals surface area (Å²) in [4.78, 5) is 2.38. The van der Waals surface area contributed by atoms with Crippen LogP contribution in [0.15, 0.2) is 24.3 Å². The Bertz CT molecular complexity index is 381. The van der Waals surface area contributed by atoms with E-state index in [9.17, 15) is 0 Å². The Balaban J connectivity index is 1.69. The van der Waals surface area contributed by atoms with Crippen molar-refractivity contribution in [2.75, 3.05) is 53.6 Å². The van der Waals surface area contributed by atoms with Crippen LogP contribution >= 0.6 is 0 Å². The van der Waals surface area contributed by atoms with E-state index < -0.39 is 0 Å². The van der Waals surface area contributed by atoms with Crippen molar-refractivity contribution in [3.8, 4) is 11.5 Å². The van der Waals surface area contributed by atoms with Gasteiger partial charge in [0, 0.05) is 26.2 Å². The second-order valence-electron chi connectivity index (χ2n) is 4.88. The second kappa shape index (κ2) is 8.09. The Morgan fingerprint density at radius 1 is 1.30 bits per heavy atom. The molecule has 1 unspecified atom stereocenters. The van der Waals surface area contributed by atoms with Crippen LogP contribution in [0.4, 0.5) is 0 Å². The van der Waals surface area contributed by atoms with Gasteiger partial charge in [-0.15, -0.1) is 0 Å². The van der Waals surface area contributed by atoms with Crippen LogP contribution in [0.25, 0.3) is 0 Å². The lowest BCUT2D eigenvalue weighted by Crippen LogP contribution is -2.47. The maximum atomic E-state index is 5.75. The fraction of sp³-hybridized carbons (Fsp3) is 0.600. The summed E-state index contributed by atoms with van der Waals surface area (Å²) < 4.78 is 16.5. The average Bonchev–Trinajstić information content (AvgIpc) is 2.49. The Hall–Kier alpha value is -1.30. The monoisotopic (exact) mass is 280 g/mol. The largest absolute Gasteiger partial charge is 0.497 e. The van der Waals surface area contributed by atoms with Gasteiger partial charge in [-0.05, 0) is 31.3 Å². The summed E-state index contributed by atoms with van der Waals surface area (Å²) in [5.74, 6) is 1.73. The van der Waals surface area contributed by atoms with E-state index in [1.807, 2.05) is 31.3 Å². The van der Waals surface area contributed by atoms with Crippen molar-refractivity contribution in [3.63, 3.8) is 0 Å². The van der Waals surface area contributed by atoms with Gasteiger partial charge in [0.25, 0.3) is 0 Å². The summed E-state index contributed by atoms with van der Waals surface area (Å²) in [6.45, 7) is 5.26. The molecule has 1 N–H and O–H groups in total. The standard InChI is InChI=1S/C15H24N2O3/c1-16-11-15-12-17(8-10-20-15)7-9-19-14-5-3-13(18-2)4-6-14/h3-6,15-16H,7-12H2,1-2H3. The molecule has 0 amide bonds. The third kappa shape index (κ3) is 4.67. The predicted molar refractivity (Wildman–Crippen MR) is 78.6 cm³/mol. The summed E-state index contributed by atoms with van der Waals surface area (Å²) in [5.41, 5.74) is 0. The van der Waals surface area contributed by atoms with Gasteiger partial charge in [0.2, 0.25) is 0 Å². The molecule has 5 heteroatoms. The van der Waals surface area contributed by atoms with Crippen molar-refractivity contribution in [2.24, 2.45) is 0 Å². The zero-order valence-electron chi connectivity index (χ0n) is 12.3. The molecule has 1 fully saturated rings. The molecule has 5 nitrogen and oxygen atoms in total. The molecule has 0 saturated carbocycles. The molecule has 20 heavy (non-hydrogen) atoms. The maximum Gasteiger partial charge on any atom is 0.119 e. The van der Waals surface area contributed by atoms with E-state index in [-0.39, 0.29) is 6.10 Å². The van der Waals surface area contributed by atoms with Gasteiger partial charge in [0.15, 0.2) is 0 Å². The lowest BCUT2D eigenvalue weighted by atomic mass is 10.2. The van der Waals surface area contributed by atoms with E-state index in [4.69, 9.17) is 14.2 Å². The first-order valence-electron chi connectivity index (χ1n) is 7.07. The van der Waals surface area contributed by atoms with Gasteiger partial charge in [0.1, 0.15) is 18.1 Å². The van der Waals surface area contributed by atoms with E-state index in [0.29, 0.717) is 6.61 Å². The average molecular weight is 280 g/mol. The van der Waals surface area contributed by atoms with Crippen molar-refractivity contribution in [1.29, 1.82) is 0 Å². The number of rotatable bonds is 7. The molecular weight excluding hydrogens is 256 g/mol. The Kier molecular flexibility index (Phi) is 6.11. The molecule has 0 bridgehead atoms. The molecule has 112 valence electrons. The summed E-state index contributed by atoms with van der Waals surface area (Å²) in [5, 5.41) is 3.16. The Labute approximate surface area is 120 Å². The van der Waals surface area contributed by atoms with Gasteiger partial charge in [-0.3, -0.25) is 4.90 Å². The van der Waals surface area contributed by atoms with Crippen LogP contribution in [0.1, 0.15) is 0 Å². The summed E-state index contributed by atoms with van der Waals surface area (Å²) in [7, 11) is 3.62. The summed E-state index contributed by atoms with van der Waals surface area (Å²) in [6.07, 6.45) is 0.287. The molecule has 1 heterocycles. The van der Waals surface area contributed by atoms with Gasteiger partial charge >= 0.3 is 0 Å². The van der Waals surface area contributed by atoms with Crippen LogP contribution in [0.3, 0.4) is 0 Å². The van der Waals surface area contributed by atoms with Gasteiger partial charge in [0.05, 0.1) is 19.8 Å². The van der Waals surface area contributed by atoms with Crippen LogP contribution in [-0.2, 0) is 4.74 Å². The number of nitrogens with one attached hydrogen (secondary N) is 1. The number of nitrogens with zero attached hydrogens (tertiary/aromatic N) is 1. The first-order valence-corrected chi connectivity index (χ1v) is 7.07. The highest BCUT2D eigenvalue weighted by atomic mass is 16.5. The molecule has 0 radical (unpaired) electrons. The third-order valence-electron chi connectivity index (χ3n) is 3.39. The molecule has 0 spiro atoms. The van der Waals surface area contributed by atoms with Crippen LogP contribution in [0.5, 0.6) is 11.5 Å². The first kappa shape index (κ1) is 15.1. The highest BCUT2D eigenvalue weighted by Gasteiger charge is 2.19. The fourth-order valence-electron chi connectivity index (χ4n) is 2.30. The van der Waals surface area contributed by atoms with Crippen LogP contribution in [0, 0.1) is 0 Å². The van der Waals surface area contributed by atoms with Crippen LogP contribution < -0.4 is 14.8 Å². The molecule has 1 aliphatic heterocycles. The van der Waals surface area contributed by atoms with Gasteiger partial charge < -0.3 is 19.5 Å². The van der Waals surface area contributed by atoms with Crippen molar-refractivity contribution in [1.82, 2.24) is 10.2 Å². The number of morpholine rings is 1. The molecule has 2 rings (SSSR count). The number of hydrogen-bond donors (Lipinski definition) is 1. The van der Waals surface area contributed by atoms with E-state index >= 15 is 0 Å². The Morgan fingerprint density at radius 2 is 2.05 bits per heavy atom. The normalized spacial score (nSPS) is 19.8. The number of hydrogen-bond acceptors (Lipinski definition) is 5. The number of benzene rings is 1. The molecule has 1 aliphatic rings. The minimum Gasteiger partial charge on any atom is -0.497 e. The van der Waals surface area contributed by atoms with Crippen LogP contribution in [0.2, 0.25) is 0 Å². The number of ether oxygens (including phenoxy) is 3. The zero-order valence-corrected chi connectivity index (χ0v) is 12.3. The molecule has 1 aromatic rings. The highest BCUT2D eigenvalue weighted by molar-refractivity contribution is 5.31. The lowest BCUT2D eigenvalue weighted by molar-refractivity contribution is -0.0291. The second-order valence-corrected chi connectivity index (χ2v) is 4.88. The Morgan fingerprint density at radius 3 is 2.75 bits per heavy atom. The smallest absolute Gasteiger partial charge is 0.119 e. The predicted octanol–water partition coefficient (Wildman–Crippen LogP) is 0.994. The van der Waals surface area contributed by atoms with Crippen molar-refractivity contribution < 1.29 is 14.2 Å². The topological polar surface area (TPSA) is 43.0 Å². The minimum absolute atomic E-state index is 0.287. The SMILES string of the molecule is CNCC1CN(CCOc2ccc(OC)cc2)CCO1. The minimum atomic E-state index is 0.287. The molecule has 0 aliphatic carbocycles. The molecular formula is C15H24N2O3. The summed E-state index contributed by atoms with van der Waals surface area (Å²) >= 11 is 0. The van der Waals surface area contributed by atoms with Gasteiger partial charge in [-0.25, -0.2) is 0 Å². The zero-order chi connectivity index (χ0) is 14.2. The first-order chi connectivity index (χ1) is 9.81. The van der Waals surface area contributed by atoms with Crippen molar-refractivity contribution >= 4 is 0 Å². The highest BCUT2D eigenvalue weighted by Crippen LogP contribution is 2.17. The lowest BCUT2D eigenvalue weighted by Gasteiger charge is -2.32. The molecule has 1 aromatic carbocycles.